The van der Waals surface area contributed by atoms with E-state index in [9.17, 15) is 9.59 Å². The van der Waals surface area contributed by atoms with Gasteiger partial charge in [0.05, 0.1) is 7.11 Å². The fraction of sp³-hybridized carbons (Fsp3) is 0.846. The molecule has 5 heteroatoms. The van der Waals surface area contributed by atoms with Crippen molar-refractivity contribution in [3.63, 3.8) is 0 Å². The molecule has 0 radical (unpaired) electrons. The first kappa shape index (κ1) is 14.8. The molecule has 1 fully saturated rings. The zero-order chi connectivity index (χ0) is 13.8. The van der Waals surface area contributed by atoms with Gasteiger partial charge < -0.3 is 9.47 Å². The SMILES string of the molecule is COC(=O)[C@H]1CCCCCN1C(=O)OC(C)(C)C. The molecular weight excluding hydrogens is 234 g/mol. The lowest BCUT2D eigenvalue weighted by Crippen LogP contribution is -2.47. The number of carbonyl (C=O) groups excluding carboxylic acids is 2. The second kappa shape index (κ2) is 6.07. The van der Waals surface area contributed by atoms with Crippen LogP contribution in [0, 0.1) is 0 Å². The van der Waals surface area contributed by atoms with Gasteiger partial charge in [-0.2, -0.15) is 0 Å². The number of hydrogen-bond donors (Lipinski definition) is 0. The topological polar surface area (TPSA) is 55.8 Å². The van der Waals surface area contributed by atoms with Crippen LogP contribution in [0.3, 0.4) is 0 Å². The third-order valence-corrected chi connectivity index (χ3v) is 2.85. The summed E-state index contributed by atoms with van der Waals surface area (Å²) in [6, 6.07) is -0.507. The van der Waals surface area contributed by atoms with Crippen LogP contribution in [0.25, 0.3) is 0 Å². The maximum Gasteiger partial charge on any atom is 0.411 e. The monoisotopic (exact) mass is 257 g/mol. The molecule has 5 nitrogen and oxygen atoms in total. The van der Waals surface area contributed by atoms with Crippen molar-refractivity contribution in [2.75, 3.05) is 13.7 Å². The molecule has 0 aromatic rings. The maximum atomic E-state index is 12.1. The number of carbonyl (C=O) groups is 2. The van der Waals surface area contributed by atoms with E-state index in [-0.39, 0.29) is 5.97 Å². The van der Waals surface area contributed by atoms with E-state index in [1.54, 1.807) is 0 Å². The number of ether oxygens (including phenoxy) is 2. The molecule has 0 saturated carbocycles. The van der Waals surface area contributed by atoms with E-state index in [1.807, 2.05) is 20.8 Å². The maximum absolute atomic E-state index is 12.1. The fourth-order valence-corrected chi connectivity index (χ4v) is 2.03. The van der Waals surface area contributed by atoms with Crippen molar-refractivity contribution in [3.05, 3.63) is 0 Å². The van der Waals surface area contributed by atoms with Crippen molar-refractivity contribution in [2.45, 2.75) is 58.1 Å². The molecular formula is C13H23NO4. The molecule has 0 spiro atoms. The van der Waals surface area contributed by atoms with Gasteiger partial charge in [-0.25, -0.2) is 9.59 Å². The second-order valence-corrected chi connectivity index (χ2v) is 5.56. The Bertz CT molecular complexity index is 309. The van der Waals surface area contributed by atoms with Gasteiger partial charge in [-0.15, -0.1) is 0 Å². The van der Waals surface area contributed by atoms with Gasteiger partial charge in [-0.1, -0.05) is 12.8 Å². The third-order valence-electron chi connectivity index (χ3n) is 2.85. The summed E-state index contributed by atoms with van der Waals surface area (Å²) in [6.07, 6.45) is 3.06. The molecule has 1 saturated heterocycles. The summed E-state index contributed by atoms with van der Waals surface area (Å²) in [5.74, 6) is -0.359. The summed E-state index contributed by atoms with van der Waals surface area (Å²) in [7, 11) is 1.35. The Hall–Kier alpha value is -1.26. The molecule has 0 N–H and O–H groups in total. The summed E-state index contributed by atoms with van der Waals surface area (Å²) in [6.45, 7) is 6.00. The minimum Gasteiger partial charge on any atom is -0.467 e. The highest BCUT2D eigenvalue weighted by Crippen LogP contribution is 2.20. The smallest absolute Gasteiger partial charge is 0.411 e. The lowest BCUT2D eigenvalue weighted by Gasteiger charge is -2.30. The Morgan fingerprint density at radius 3 is 2.39 bits per heavy atom. The number of esters is 1. The van der Waals surface area contributed by atoms with Crippen molar-refractivity contribution >= 4 is 12.1 Å². The van der Waals surface area contributed by atoms with Crippen LogP contribution in [0.15, 0.2) is 0 Å². The molecule has 1 rings (SSSR count). The highest BCUT2D eigenvalue weighted by molar-refractivity contribution is 5.81. The second-order valence-electron chi connectivity index (χ2n) is 5.56. The van der Waals surface area contributed by atoms with Crippen LogP contribution in [-0.2, 0) is 14.3 Å². The highest BCUT2D eigenvalue weighted by atomic mass is 16.6. The normalized spacial score (nSPS) is 21.1. The quantitative estimate of drug-likeness (QED) is 0.677. The van der Waals surface area contributed by atoms with E-state index in [2.05, 4.69) is 0 Å². The minimum absolute atomic E-state index is 0.359. The number of nitrogens with zero attached hydrogens (tertiary/aromatic N) is 1. The van der Waals surface area contributed by atoms with Gasteiger partial charge in [0.15, 0.2) is 0 Å². The zero-order valence-electron chi connectivity index (χ0n) is 11.7. The van der Waals surface area contributed by atoms with Gasteiger partial charge in [-0.3, -0.25) is 4.90 Å². The Labute approximate surface area is 108 Å². The van der Waals surface area contributed by atoms with Gasteiger partial charge in [0, 0.05) is 6.54 Å². The van der Waals surface area contributed by atoms with Crippen LogP contribution < -0.4 is 0 Å². The van der Waals surface area contributed by atoms with E-state index in [0.29, 0.717) is 13.0 Å². The lowest BCUT2D eigenvalue weighted by atomic mass is 10.1. The summed E-state index contributed by atoms with van der Waals surface area (Å²) in [5.41, 5.74) is -0.552. The van der Waals surface area contributed by atoms with Crippen molar-refractivity contribution in [3.8, 4) is 0 Å². The predicted molar refractivity (Wildman–Crippen MR) is 67.2 cm³/mol. The Balaban J connectivity index is 2.79. The predicted octanol–water partition coefficient (Wildman–Crippen LogP) is 2.34. The van der Waals surface area contributed by atoms with E-state index in [4.69, 9.17) is 9.47 Å². The van der Waals surface area contributed by atoms with E-state index >= 15 is 0 Å². The fourth-order valence-electron chi connectivity index (χ4n) is 2.03. The van der Waals surface area contributed by atoms with Crippen molar-refractivity contribution in [1.29, 1.82) is 0 Å². The van der Waals surface area contributed by atoms with Crippen LogP contribution in [0.4, 0.5) is 4.79 Å². The number of hydrogen-bond acceptors (Lipinski definition) is 4. The molecule has 1 heterocycles. The molecule has 1 aliphatic rings. The molecule has 1 aliphatic heterocycles. The largest absolute Gasteiger partial charge is 0.467 e. The van der Waals surface area contributed by atoms with Crippen LogP contribution in [0.1, 0.15) is 46.5 Å². The molecule has 1 atom stereocenters. The van der Waals surface area contributed by atoms with E-state index in [1.165, 1.54) is 12.0 Å². The van der Waals surface area contributed by atoms with E-state index < -0.39 is 17.7 Å². The van der Waals surface area contributed by atoms with Gasteiger partial charge in [-0.05, 0) is 33.6 Å². The van der Waals surface area contributed by atoms with Crippen LogP contribution >= 0.6 is 0 Å². The van der Waals surface area contributed by atoms with Gasteiger partial charge in [0.1, 0.15) is 11.6 Å². The summed E-state index contributed by atoms with van der Waals surface area (Å²) in [5, 5.41) is 0. The Morgan fingerprint density at radius 1 is 1.17 bits per heavy atom. The molecule has 104 valence electrons. The van der Waals surface area contributed by atoms with Crippen molar-refractivity contribution < 1.29 is 19.1 Å². The first-order valence-corrected chi connectivity index (χ1v) is 6.42. The number of methoxy groups -OCH3 is 1. The highest BCUT2D eigenvalue weighted by Gasteiger charge is 2.34. The lowest BCUT2D eigenvalue weighted by molar-refractivity contribution is -0.146. The molecule has 0 aromatic heterocycles. The molecule has 0 unspecified atom stereocenters. The van der Waals surface area contributed by atoms with E-state index in [0.717, 1.165) is 19.3 Å². The first-order chi connectivity index (χ1) is 8.35. The van der Waals surface area contributed by atoms with Gasteiger partial charge >= 0.3 is 12.1 Å². The molecule has 18 heavy (non-hydrogen) atoms. The molecule has 0 aliphatic carbocycles. The van der Waals surface area contributed by atoms with Gasteiger partial charge in [0.2, 0.25) is 0 Å². The molecule has 0 aromatic carbocycles. The first-order valence-electron chi connectivity index (χ1n) is 6.42. The van der Waals surface area contributed by atoms with Crippen molar-refractivity contribution in [1.82, 2.24) is 4.90 Å². The van der Waals surface area contributed by atoms with Crippen LogP contribution in [0.5, 0.6) is 0 Å². The average molecular weight is 257 g/mol. The summed E-state index contributed by atoms with van der Waals surface area (Å²) < 4.78 is 10.1. The standard InChI is InChI=1S/C13H23NO4/c1-13(2,3)18-12(16)14-9-7-5-6-8-10(14)11(15)17-4/h10H,5-9H2,1-4H3/t10-/m1/s1. The molecule has 1 amide bonds. The third kappa shape index (κ3) is 4.20. The number of rotatable bonds is 1. The average Bonchev–Trinajstić information content (AvgIpc) is 2.50. The van der Waals surface area contributed by atoms with Crippen molar-refractivity contribution in [2.24, 2.45) is 0 Å². The zero-order valence-corrected chi connectivity index (χ0v) is 11.7. The number of amides is 1. The Kier molecular flexibility index (Phi) is 4.99. The van der Waals surface area contributed by atoms with Crippen LogP contribution in [-0.4, -0.2) is 42.3 Å². The van der Waals surface area contributed by atoms with Gasteiger partial charge in [0.25, 0.3) is 0 Å². The van der Waals surface area contributed by atoms with Crippen LogP contribution in [0.2, 0.25) is 0 Å². The molecule has 0 bridgehead atoms. The summed E-state index contributed by atoms with van der Waals surface area (Å²) in [4.78, 5) is 25.3. The minimum atomic E-state index is -0.552. The Morgan fingerprint density at radius 2 is 1.83 bits per heavy atom. The number of likely N-dealkylation sites (tertiary alicyclic amines) is 1. The summed E-state index contributed by atoms with van der Waals surface area (Å²) >= 11 is 0.